The average molecular weight is 255 g/mol. The maximum atomic E-state index is 11.7. The van der Waals surface area contributed by atoms with Gasteiger partial charge in [-0.1, -0.05) is 20.8 Å². The Kier molecular flexibility index (Phi) is 6.13. The van der Waals surface area contributed by atoms with Crippen molar-refractivity contribution in [1.29, 1.82) is 0 Å². The maximum absolute atomic E-state index is 11.7. The highest BCUT2D eigenvalue weighted by atomic mass is 16.3. The molecule has 0 heterocycles. The predicted molar refractivity (Wildman–Crippen MR) is 74.2 cm³/mol. The number of carbonyl (C=O) groups is 1. The molecule has 0 aromatic heterocycles. The van der Waals surface area contributed by atoms with Gasteiger partial charge in [0, 0.05) is 19.6 Å². The van der Waals surface area contributed by atoms with E-state index in [2.05, 4.69) is 26.1 Å². The van der Waals surface area contributed by atoms with E-state index in [9.17, 15) is 4.79 Å². The van der Waals surface area contributed by atoms with Crippen molar-refractivity contribution in [2.45, 2.75) is 59.3 Å². The highest BCUT2D eigenvalue weighted by Crippen LogP contribution is 2.40. The van der Waals surface area contributed by atoms with Crippen molar-refractivity contribution in [2.24, 2.45) is 17.3 Å². The number of amides is 1. The van der Waals surface area contributed by atoms with Crippen LogP contribution in [-0.4, -0.2) is 24.2 Å². The summed E-state index contributed by atoms with van der Waals surface area (Å²) in [6, 6.07) is 0. The molecule has 0 aromatic carbocycles. The van der Waals surface area contributed by atoms with Crippen LogP contribution in [0.3, 0.4) is 0 Å². The van der Waals surface area contributed by atoms with Crippen molar-refractivity contribution in [3.8, 4) is 0 Å². The minimum absolute atomic E-state index is 0.150. The first-order valence-corrected chi connectivity index (χ1v) is 7.31. The van der Waals surface area contributed by atoms with Crippen LogP contribution >= 0.6 is 0 Å². The minimum atomic E-state index is 0.150. The summed E-state index contributed by atoms with van der Waals surface area (Å²) in [6.45, 7) is 7.71. The zero-order valence-corrected chi connectivity index (χ0v) is 12.2. The van der Waals surface area contributed by atoms with Gasteiger partial charge in [0.05, 0.1) is 0 Å². The molecule has 0 bridgehead atoms. The molecule has 0 unspecified atom stereocenters. The third-order valence-corrected chi connectivity index (χ3v) is 4.20. The Labute approximate surface area is 111 Å². The van der Waals surface area contributed by atoms with Gasteiger partial charge in [-0.3, -0.25) is 4.79 Å². The van der Waals surface area contributed by atoms with E-state index in [1.54, 1.807) is 0 Å². The molecule has 0 spiro atoms. The van der Waals surface area contributed by atoms with Crippen LogP contribution in [0.1, 0.15) is 59.3 Å². The number of nitrogens with one attached hydrogen (secondary N) is 1. The molecule has 0 aromatic rings. The van der Waals surface area contributed by atoms with Gasteiger partial charge < -0.3 is 10.4 Å². The molecule has 3 heteroatoms. The number of aliphatic hydroxyl groups excluding tert-OH is 1. The van der Waals surface area contributed by atoms with Crippen molar-refractivity contribution >= 4 is 5.91 Å². The van der Waals surface area contributed by atoms with Crippen LogP contribution in [0.2, 0.25) is 0 Å². The van der Waals surface area contributed by atoms with E-state index in [4.69, 9.17) is 5.11 Å². The van der Waals surface area contributed by atoms with Gasteiger partial charge in [0.1, 0.15) is 0 Å². The summed E-state index contributed by atoms with van der Waals surface area (Å²) < 4.78 is 0. The Morgan fingerprint density at radius 1 is 1.22 bits per heavy atom. The van der Waals surface area contributed by atoms with Crippen molar-refractivity contribution in [1.82, 2.24) is 5.32 Å². The molecule has 2 N–H and O–H groups in total. The lowest BCUT2D eigenvalue weighted by Gasteiger charge is -2.36. The maximum Gasteiger partial charge on any atom is 0.220 e. The zero-order valence-electron chi connectivity index (χ0n) is 12.2. The van der Waals surface area contributed by atoms with E-state index >= 15 is 0 Å². The van der Waals surface area contributed by atoms with Crippen LogP contribution in [0.4, 0.5) is 0 Å². The van der Waals surface area contributed by atoms with Crippen LogP contribution in [0.25, 0.3) is 0 Å². The Morgan fingerprint density at radius 2 is 1.83 bits per heavy atom. The fourth-order valence-corrected chi connectivity index (χ4v) is 2.87. The number of hydrogen-bond acceptors (Lipinski definition) is 2. The van der Waals surface area contributed by atoms with Gasteiger partial charge in [0.2, 0.25) is 5.91 Å². The van der Waals surface area contributed by atoms with Gasteiger partial charge in [0.25, 0.3) is 0 Å². The normalized spacial score (nSPS) is 24.9. The minimum Gasteiger partial charge on any atom is -0.396 e. The number of rotatable bonds is 5. The van der Waals surface area contributed by atoms with Crippen molar-refractivity contribution in [3.63, 3.8) is 0 Å². The lowest BCUT2D eigenvalue weighted by Crippen LogP contribution is -2.30. The molecule has 18 heavy (non-hydrogen) atoms. The largest absolute Gasteiger partial charge is 0.396 e. The first-order chi connectivity index (χ1) is 8.43. The fraction of sp³-hybridized carbons (Fsp3) is 0.933. The smallest absolute Gasteiger partial charge is 0.220 e. The number of aliphatic hydroxyl groups is 1. The summed E-state index contributed by atoms with van der Waals surface area (Å²) in [6.07, 6.45) is 6.23. The van der Waals surface area contributed by atoms with Crippen molar-refractivity contribution in [2.75, 3.05) is 13.2 Å². The van der Waals surface area contributed by atoms with Crippen LogP contribution < -0.4 is 5.32 Å². The average Bonchev–Trinajstić information content (AvgIpc) is 2.29. The van der Waals surface area contributed by atoms with Gasteiger partial charge >= 0.3 is 0 Å². The lowest BCUT2D eigenvalue weighted by molar-refractivity contribution is -0.122. The Hall–Kier alpha value is -0.570. The number of hydrogen-bond donors (Lipinski definition) is 2. The van der Waals surface area contributed by atoms with Crippen LogP contribution in [0, 0.1) is 17.3 Å². The molecular weight excluding hydrogens is 226 g/mol. The molecule has 1 saturated carbocycles. The highest BCUT2D eigenvalue weighted by Gasteiger charge is 2.30. The Balaban J connectivity index is 2.21. The zero-order chi connectivity index (χ0) is 13.6. The first kappa shape index (κ1) is 15.5. The summed E-state index contributed by atoms with van der Waals surface area (Å²) in [4.78, 5) is 11.7. The molecular formula is C15H29NO2. The monoisotopic (exact) mass is 255 g/mol. The first-order valence-electron chi connectivity index (χ1n) is 7.31. The topological polar surface area (TPSA) is 49.3 Å². The standard InChI is InChI=1S/C15H29NO2/c1-15(2,3)13-7-5-12(6-8-13)11-14(18)16-9-4-10-17/h12-13,17H,4-11H2,1-3H3,(H,16,18). The molecule has 1 aliphatic rings. The van der Waals surface area contributed by atoms with Gasteiger partial charge in [-0.2, -0.15) is 0 Å². The van der Waals surface area contributed by atoms with Gasteiger partial charge in [0.15, 0.2) is 0 Å². The van der Waals surface area contributed by atoms with E-state index in [1.807, 2.05) is 0 Å². The van der Waals surface area contributed by atoms with Crippen LogP contribution in [0.5, 0.6) is 0 Å². The van der Waals surface area contributed by atoms with Gasteiger partial charge in [-0.05, 0) is 49.4 Å². The van der Waals surface area contributed by atoms with Crippen LogP contribution in [0.15, 0.2) is 0 Å². The van der Waals surface area contributed by atoms with E-state index < -0.39 is 0 Å². The molecule has 1 fully saturated rings. The predicted octanol–water partition coefficient (Wildman–Crippen LogP) is 2.73. The van der Waals surface area contributed by atoms with Gasteiger partial charge in [-0.25, -0.2) is 0 Å². The fourth-order valence-electron chi connectivity index (χ4n) is 2.87. The van der Waals surface area contributed by atoms with E-state index in [0.29, 0.717) is 30.7 Å². The van der Waals surface area contributed by atoms with Crippen LogP contribution in [-0.2, 0) is 4.79 Å². The summed E-state index contributed by atoms with van der Waals surface area (Å²) >= 11 is 0. The summed E-state index contributed by atoms with van der Waals surface area (Å²) in [5.74, 6) is 1.53. The molecule has 0 saturated heterocycles. The van der Waals surface area contributed by atoms with E-state index in [0.717, 1.165) is 5.92 Å². The Morgan fingerprint density at radius 3 is 2.33 bits per heavy atom. The summed E-state index contributed by atoms with van der Waals surface area (Å²) in [5.41, 5.74) is 0.411. The molecule has 106 valence electrons. The SMILES string of the molecule is CC(C)(C)C1CCC(CC(=O)NCCCO)CC1. The quantitative estimate of drug-likeness (QED) is 0.742. The lowest BCUT2D eigenvalue weighted by atomic mass is 9.69. The molecule has 3 nitrogen and oxygen atoms in total. The van der Waals surface area contributed by atoms with E-state index in [1.165, 1.54) is 25.7 Å². The molecule has 0 radical (unpaired) electrons. The second kappa shape index (κ2) is 7.13. The Bertz CT molecular complexity index is 250. The second-order valence-electron chi connectivity index (χ2n) is 6.71. The third kappa shape index (κ3) is 5.38. The summed E-state index contributed by atoms with van der Waals surface area (Å²) in [5, 5.41) is 11.5. The molecule has 0 atom stereocenters. The molecule has 1 amide bonds. The van der Waals surface area contributed by atoms with E-state index in [-0.39, 0.29) is 12.5 Å². The molecule has 1 aliphatic carbocycles. The van der Waals surface area contributed by atoms with Gasteiger partial charge in [-0.15, -0.1) is 0 Å². The van der Waals surface area contributed by atoms with Crippen molar-refractivity contribution in [3.05, 3.63) is 0 Å². The van der Waals surface area contributed by atoms with Crippen molar-refractivity contribution < 1.29 is 9.90 Å². The summed E-state index contributed by atoms with van der Waals surface area (Å²) in [7, 11) is 0. The second-order valence-corrected chi connectivity index (χ2v) is 6.71. The molecule has 1 rings (SSSR count). The highest BCUT2D eigenvalue weighted by molar-refractivity contribution is 5.76. The number of carbonyl (C=O) groups excluding carboxylic acids is 1. The third-order valence-electron chi connectivity index (χ3n) is 4.20. The molecule has 0 aliphatic heterocycles.